The van der Waals surface area contributed by atoms with E-state index in [9.17, 15) is 4.79 Å². The zero-order valence-corrected chi connectivity index (χ0v) is 9.26. The predicted molar refractivity (Wildman–Crippen MR) is 61.1 cm³/mol. The van der Waals surface area contributed by atoms with Crippen molar-refractivity contribution in [3.05, 3.63) is 34.9 Å². The lowest BCUT2D eigenvalue weighted by Crippen LogP contribution is -2.19. The quantitative estimate of drug-likeness (QED) is 0.783. The van der Waals surface area contributed by atoms with Crippen LogP contribution in [0.2, 0.25) is 0 Å². The first-order valence-electron chi connectivity index (χ1n) is 5.19. The van der Waals surface area contributed by atoms with Gasteiger partial charge in [0.2, 0.25) is 5.91 Å². The van der Waals surface area contributed by atoms with Crippen molar-refractivity contribution in [2.24, 2.45) is 5.73 Å². The van der Waals surface area contributed by atoms with Crippen LogP contribution in [0.1, 0.15) is 29.0 Å². The van der Waals surface area contributed by atoms with E-state index in [-0.39, 0.29) is 11.8 Å². The highest BCUT2D eigenvalue weighted by molar-refractivity contribution is 6.17. The van der Waals surface area contributed by atoms with Crippen molar-refractivity contribution in [3.8, 4) is 0 Å². The number of halogens is 1. The molecule has 2 nitrogen and oxygen atoms in total. The molecule has 0 fully saturated rings. The molecule has 1 aliphatic carbocycles. The lowest BCUT2D eigenvalue weighted by molar-refractivity contribution is -0.119. The largest absolute Gasteiger partial charge is 0.369 e. The van der Waals surface area contributed by atoms with E-state index in [1.54, 1.807) is 0 Å². The summed E-state index contributed by atoms with van der Waals surface area (Å²) in [6, 6.07) is 6.22. The second-order valence-corrected chi connectivity index (χ2v) is 4.34. The highest BCUT2D eigenvalue weighted by atomic mass is 35.5. The van der Waals surface area contributed by atoms with Crippen LogP contribution in [0.4, 0.5) is 0 Å². The van der Waals surface area contributed by atoms with Crippen LogP contribution in [0.5, 0.6) is 0 Å². The number of carbonyl (C=O) groups is 1. The smallest absolute Gasteiger partial charge is 0.224 e. The number of hydrogen-bond donors (Lipinski definition) is 1. The second kappa shape index (κ2) is 4.23. The molecule has 1 amide bonds. The maximum atomic E-state index is 11.2. The Morgan fingerprint density at radius 1 is 1.53 bits per heavy atom. The Morgan fingerprint density at radius 2 is 2.33 bits per heavy atom. The summed E-state index contributed by atoms with van der Waals surface area (Å²) in [6.45, 7) is 0. The summed E-state index contributed by atoms with van der Waals surface area (Å²) in [5.41, 5.74) is 8.97. The van der Waals surface area contributed by atoms with Gasteiger partial charge < -0.3 is 5.73 Å². The molecule has 80 valence electrons. The number of primary amides is 1. The average Bonchev–Trinajstić information content (AvgIpc) is 2.61. The zero-order valence-electron chi connectivity index (χ0n) is 8.50. The molecule has 1 aliphatic rings. The zero-order chi connectivity index (χ0) is 10.8. The van der Waals surface area contributed by atoms with Crippen LogP contribution < -0.4 is 5.73 Å². The van der Waals surface area contributed by atoms with E-state index >= 15 is 0 Å². The van der Waals surface area contributed by atoms with Crippen LogP contribution in [-0.2, 0) is 17.6 Å². The molecule has 0 heterocycles. The van der Waals surface area contributed by atoms with Gasteiger partial charge in [-0.25, -0.2) is 0 Å². The van der Waals surface area contributed by atoms with Gasteiger partial charge in [-0.3, -0.25) is 4.79 Å². The molecular formula is C12H14ClNO. The van der Waals surface area contributed by atoms with Crippen LogP contribution >= 0.6 is 11.6 Å². The van der Waals surface area contributed by atoms with Gasteiger partial charge in [0.25, 0.3) is 0 Å². The first kappa shape index (κ1) is 10.5. The van der Waals surface area contributed by atoms with Crippen molar-refractivity contribution < 1.29 is 4.79 Å². The van der Waals surface area contributed by atoms with Crippen LogP contribution in [-0.4, -0.2) is 11.8 Å². The molecule has 0 aromatic heterocycles. The number of rotatable bonds is 3. The van der Waals surface area contributed by atoms with E-state index in [4.69, 9.17) is 17.3 Å². The van der Waals surface area contributed by atoms with Crippen molar-refractivity contribution in [1.82, 2.24) is 0 Å². The molecule has 1 unspecified atom stereocenters. The van der Waals surface area contributed by atoms with E-state index in [2.05, 4.69) is 6.07 Å². The molecule has 0 saturated carbocycles. The molecular weight excluding hydrogens is 210 g/mol. The van der Waals surface area contributed by atoms with Crippen molar-refractivity contribution in [1.29, 1.82) is 0 Å². The summed E-state index contributed by atoms with van der Waals surface area (Å²) < 4.78 is 0. The monoisotopic (exact) mass is 223 g/mol. The Balaban J connectivity index is 2.29. The molecule has 2 N–H and O–H groups in total. The average molecular weight is 224 g/mol. The number of alkyl halides is 1. The van der Waals surface area contributed by atoms with Gasteiger partial charge in [0, 0.05) is 5.88 Å². The summed E-state index contributed by atoms with van der Waals surface area (Å²) in [6.07, 6.45) is 2.70. The fourth-order valence-electron chi connectivity index (χ4n) is 2.23. The second-order valence-electron chi connectivity index (χ2n) is 3.97. The SMILES string of the molecule is NC(=O)C1CCc2cc(CCCl)ccc21. The summed E-state index contributed by atoms with van der Waals surface area (Å²) in [5, 5.41) is 0. The molecule has 1 atom stereocenters. The highest BCUT2D eigenvalue weighted by Crippen LogP contribution is 2.33. The number of aryl methyl sites for hydroxylation is 2. The number of nitrogens with two attached hydrogens (primary N) is 1. The van der Waals surface area contributed by atoms with Gasteiger partial charge in [-0.05, 0) is 36.0 Å². The Labute approximate surface area is 94.4 Å². The van der Waals surface area contributed by atoms with Crippen LogP contribution in [0, 0.1) is 0 Å². The minimum absolute atomic E-state index is 0.0787. The van der Waals surface area contributed by atoms with E-state index < -0.39 is 0 Å². The molecule has 0 radical (unpaired) electrons. The molecule has 15 heavy (non-hydrogen) atoms. The lowest BCUT2D eigenvalue weighted by Gasteiger charge is -2.07. The maximum Gasteiger partial charge on any atom is 0.224 e. The van der Waals surface area contributed by atoms with Gasteiger partial charge in [-0.15, -0.1) is 11.6 Å². The highest BCUT2D eigenvalue weighted by Gasteiger charge is 2.26. The van der Waals surface area contributed by atoms with Gasteiger partial charge in [0.15, 0.2) is 0 Å². The van der Waals surface area contributed by atoms with E-state index in [1.807, 2.05) is 12.1 Å². The minimum atomic E-state index is -0.209. The lowest BCUT2D eigenvalue weighted by atomic mass is 9.99. The van der Waals surface area contributed by atoms with Crippen molar-refractivity contribution in [3.63, 3.8) is 0 Å². The van der Waals surface area contributed by atoms with Crippen LogP contribution in [0.25, 0.3) is 0 Å². The number of fused-ring (bicyclic) bond motifs is 1. The first-order chi connectivity index (χ1) is 7.22. The molecule has 0 aliphatic heterocycles. The third-order valence-electron chi connectivity index (χ3n) is 3.01. The fourth-order valence-corrected chi connectivity index (χ4v) is 2.45. The van der Waals surface area contributed by atoms with Crippen LogP contribution in [0.3, 0.4) is 0 Å². The van der Waals surface area contributed by atoms with Crippen molar-refractivity contribution >= 4 is 17.5 Å². The molecule has 1 aromatic rings. The van der Waals surface area contributed by atoms with Crippen LogP contribution in [0.15, 0.2) is 18.2 Å². The minimum Gasteiger partial charge on any atom is -0.369 e. The number of benzene rings is 1. The summed E-state index contributed by atoms with van der Waals surface area (Å²) in [5.74, 6) is 0.349. The fraction of sp³-hybridized carbons (Fsp3) is 0.417. The normalized spacial score (nSPS) is 18.9. The van der Waals surface area contributed by atoms with Crippen molar-refractivity contribution in [2.75, 3.05) is 5.88 Å². The Bertz CT molecular complexity index is 389. The molecule has 2 rings (SSSR count). The van der Waals surface area contributed by atoms with Crippen molar-refractivity contribution in [2.45, 2.75) is 25.2 Å². The Hall–Kier alpha value is -1.02. The maximum absolute atomic E-state index is 11.2. The van der Waals surface area contributed by atoms with Gasteiger partial charge >= 0.3 is 0 Å². The van der Waals surface area contributed by atoms with Gasteiger partial charge in [-0.2, -0.15) is 0 Å². The summed E-state index contributed by atoms with van der Waals surface area (Å²) >= 11 is 5.69. The summed E-state index contributed by atoms with van der Waals surface area (Å²) in [4.78, 5) is 11.2. The van der Waals surface area contributed by atoms with Gasteiger partial charge in [0.1, 0.15) is 0 Å². The summed E-state index contributed by atoms with van der Waals surface area (Å²) in [7, 11) is 0. The molecule has 3 heteroatoms. The van der Waals surface area contributed by atoms with E-state index in [0.29, 0.717) is 5.88 Å². The molecule has 0 spiro atoms. The molecule has 0 bridgehead atoms. The predicted octanol–water partition coefficient (Wildman–Crippen LogP) is 1.98. The first-order valence-corrected chi connectivity index (χ1v) is 5.73. The van der Waals surface area contributed by atoms with Gasteiger partial charge in [0.05, 0.1) is 5.92 Å². The number of hydrogen-bond acceptors (Lipinski definition) is 1. The van der Waals surface area contributed by atoms with E-state index in [0.717, 1.165) is 24.8 Å². The third kappa shape index (κ3) is 2.00. The van der Waals surface area contributed by atoms with E-state index in [1.165, 1.54) is 11.1 Å². The standard InChI is InChI=1S/C12H14ClNO/c13-6-5-8-1-3-10-9(7-8)2-4-11(10)12(14)15/h1,3,7,11H,2,4-6H2,(H2,14,15). The number of amides is 1. The molecule has 0 saturated heterocycles. The molecule has 1 aromatic carbocycles. The van der Waals surface area contributed by atoms with Gasteiger partial charge in [-0.1, -0.05) is 18.2 Å². The Kier molecular flexibility index (Phi) is 2.96. The topological polar surface area (TPSA) is 43.1 Å². The third-order valence-corrected chi connectivity index (χ3v) is 3.20. The Morgan fingerprint density at radius 3 is 3.00 bits per heavy atom. The number of carbonyl (C=O) groups excluding carboxylic acids is 1.